The SMILES string of the molecule is COc1ccc(NC2=C(c3ccccc3)C(=O)N(Cc3cccc(C(F)(F)F)c3)C2=O)cc1. The van der Waals surface area contributed by atoms with Crippen LogP contribution in [0.5, 0.6) is 5.75 Å². The normalized spacial score (nSPS) is 14.1. The van der Waals surface area contributed by atoms with Gasteiger partial charge in [0.25, 0.3) is 11.8 Å². The van der Waals surface area contributed by atoms with Crippen molar-refractivity contribution in [3.63, 3.8) is 0 Å². The van der Waals surface area contributed by atoms with Gasteiger partial charge in [0.15, 0.2) is 0 Å². The summed E-state index contributed by atoms with van der Waals surface area (Å²) in [6.45, 7) is -0.286. The van der Waals surface area contributed by atoms with E-state index in [1.165, 1.54) is 19.2 Å². The third-order valence-electron chi connectivity index (χ3n) is 5.18. The molecule has 1 heterocycles. The Labute approximate surface area is 188 Å². The topological polar surface area (TPSA) is 58.6 Å². The molecule has 0 radical (unpaired) electrons. The molecule has 3 aromatic carbocycles. The van der Waals surface area contributed by atoms with Crippen molar-refractivity contribution in [3.8, 4) is 5.75 Å². The lowest BCUT2D eigenvalue weighted by Gasteiger charge is -2.16. The van der Waals surface area contributed by atoms with Crippen LogP contribution in [0.3, 0.4) is 0 Å². The largest absolute Gasteiger partial charge is 0.497 e. The number of imide groups is 1. The third-order valence-corrected chi connectivity index (χ3v) is 5.18. The standard InChI is InChI=1S/C25H19F3N2O3/c1-33-20-12-10-19(11-13-20)29-22-21(17-7-3-2-4-8-17)23(31)30(24(22)32)15-16-6-5-9-18(14-16)25(26,27)28/h2-14,29H,15H2,1H3. The fourth-order valence-corrected chi connectivity index (χ4v) is 3.56. The molecule has 0 spiro atoms. The number of nitrogens with one attached hydrogen (secondary N) is 1. The van der Waals surface area contributed by atoms with E-state index in [1.54, 1.807) is 54.6 Å². The van der Waals surface area contributed by atoms with Gasteiger partial charge in [0, 0.05) is 5.69 Å². The summed E-state index contributed by atoms with van der Waals surface area (Å²) in [5.74, 6) is -0.579. The number of methoxy groups -OCH3 is 1. The van der Waals surface area contributed by atoms with Gasteiger partial charge in [-0.15, -0.1) is 0 Å². The van der Waals surface area contributed by atoms with Crippen molar-refractivity contribution in [1.29, 1.82) is 0 Å². The van der Waals surface area contributed by atoms with Crippen LogP contribution < -0.4 is 10.1 Å². The Morgan fingerprint density at radius 3 is 2.21 bits per heavy atom. The van der Waals surface area contributed by atoms with Crippen molar-refractivity contribution in [2.24, 2.45) is 0 Å². The second-order valence-corrected chi connectivity index (χ2v) is 7.36. The van der Waals surface area contributed by atoms with Crippen LogP contribution >= 0.6 is 0 Å². The van der Waals surface area contributed by atoms with E-state index in [2.05, 4.69) is 5.32 Å². The van der Waals surface area contributed by atoms with E-state index in [1.807, 2.05) is 0 Å². The van der Waals surface area contributed by atoms with E-state index in [9.17, 15) is 22.8 Å². The Hall–Kier alpha value is -4.07. The lowest BCUT2D eigenvalue weighted by Crippen LogP contribution is -2.32. The van der Waals surface area contributed by atoms with Gasteiger partial charge in [-0.05, 0) is 47.5 Å². The molecule has 0 aromatic heterocycles. The number of carbonyl (C=O) groups excluding carboxylic acids is 2. The molecule has 2 amide bonds. The molecule has 8 heteroatoms. The summed E-state index contributed by atoms with van der Waals surface area (Å²) in [4.78, 5) is 27.5. The van der Waals surface area contributed by atoms with Crippen molar-refractivity contribution < 1.29 is 27.5 Å². The highest BCUT2D eigenvalue weighted by atomic mass is 19.4. The van der Waals surface area contributed by atoms with Crippen LogP contribution in [0.15, 0.2) is 84.6 Å². The predicted molar refractivity (Wildman–Crippen MR) is 117 cm³/mol. The summed E-state index contributed by atoms with van der Waals surface area (Å²) < 4.78 is 44.4. The molecular weight excluding hydrogens is 433 g/mol. The number of rotatable bonds is 6. The monoisotopic (exact) mass is 452 g/mol. The molecule has 1 N–H and O–H groups in total. The molecule has 0 saturated carbocycles. The van der Waals surface area contributed by atoms with Gasteiger partial charge < -0.3 is 10.1 Å². The Morgan fingerprint density at radius 1 is 0.879 bits per heavy atom. The van der Waals surface area contributed by atoms with Crippen LogP contribution in [0.2, 0.25) is 0 Å². The number of halogens is 3. The number of hydrogen-bond acceptors (Lipinski definition) is 4. The molecule has 0 fully saturated rings. The molecule has 4 rings (SSSR count). The predicted octanol–water partition coefficient (Wildman–Crippen LogP) is 5.11. The first kappa shape index (κ1) is 22.1. The van der Waals surface area contributed by atoms with E-state index >= 15 is 0 Å². The van der Waals surface area contributed by atoms with Crippen molar-refractivity contribution in [3.05, 3.63) is 101 Å². The molecular formula is C25H19F3N2O3. The van der Waals surface area contributed by atoms with E-state index < -0.39 is 23.6 Å². The highest BCUT2D eigenvalue weighted by Gasteiger charge is 2.39. The van der Waals surface area contributed by atoms with E-state index in [4.69, 9.17) is 4.74 Å². The first-order chi connectivity index (χ1) is 15.8. The smallest absolute Gasteiger partial charge is 0.416 e. The van der Waals surface area contributed by atoms with E-state index in [0.717, 1.165) is 17.0 Å². The number of ether oxygens (including phenoxy) is 1. The number of carbonyl (C=O) groups is 2. The van der Waals surface area contributed by atoms with Crippen molar-refractivity contribution in [2.75, 3.05) is 12.4 Å². The van der Waals surface area contributed by atoms with Gasteiger partial charge in [0.2, 0.25) is 0 Å². The maximum absolute atomic E-state index is 13.3. The molecule has 0 saturated heterocycles. The highest BCUT2D eigenvalue weighted by molar-refractivity contribution is 6.36. The van der Waals surface area contributed by atoms with Crippen molar-refractivity contribution in [1.82, 2.24) is 4.90 Å². The van der Waals surface area contributed by atoms with Crippen LogP contribution in [-0.2, 0) is 22.3 Å². The summed E-state index contributed by atoms with van der Waals surface area (Å²) in [6, 6.07) is 20.0. The minimum absolute atomic E-state index is 0.0587. The van der Waals surface area contributed by atoms with Crippen LogP contribution in [0.1, 0.15) is 16.7 Å². The Balaban J connectivity index is 1.69. The lowest BCUT2D eigenvalue weighted by atomic mass is 10.0. The third kappa shape index (κ3) is 4.59. The quantitative estimate of drug-likeness (QED) is 0.529. The molecule has 3 aromatic rings. The molecule has 168 valence electrons. The maximum Gasteiger partial charge on any atom is 0.416 e. The summed E-state index contributed by atoms with van der Waals surface area (Å²) in [6.07, 6.45) is -4.52. The Kier molecular flexibility index (Phi) is 5.91. The van der Waals surface area contributed by atoms with E-state index in [0.29, 0.717) is 17.0 Å². The van der Waals surface area contributed by atoms with Gasteiger partial charge in [0.1, 0.15) is 11.4 Å². The first-order valence-electron chi connectivity index (χ1n) is 10.0. The zero-order chi connectivity index (χ0) is 23.6. The molecule has 5 nitrogen and oxygen atoms in total. The van der Waals surface area contributed by atoms with Gasteiger partial charge in [-0.3, -0.25) is 14.5 Å². The average molecular weight is 452 g/mol. The zero-order valence-electron chi connectivity index (χ0n) is 17.5. The summed E-state index contributed by atoms with van der Waals surface area (Å²) >= 11 is 0. The molecule has 0 atom stereocenters. The summed E-state index contributed by atoms with van der Waals surface area (Å²) in [5.41, 5.74) is 0.656. The number of alkyl halides is 3. The molecule has 0 aliphatic carbocycles. The van der Waals surface area contributed by atoms with Gasteiger partial charge in [0.05, 0.1) is 24.8 Å². The van der Waals surface area contributed by atoms with Crippen LogP contribution in [0.25, 0.3) is 5.57 Å². The molecule has 33 heavy (non-hydrogen) atoms. The second-order valence-electron chi connectivity index (χ2n) is 7.36. The minimum atomic E-state index is -4.52. The summed E-state index contributed by atoms with van der Waals surface area (Å²) in [5, 5.41) is 3.00. The number of amides is 2. The highest BCUT2D eigenvalue weighted by Crippen LogP contribution is 2.33. The van der Waals surface area contributed by atoms with Gasteiger partial charge in [-0.2, -0.15) is 13.2 Å². The second kappa shape index (κ2) is 8.82. The Bertz CT molecular complexity index is 1220. The van der Waals surface area contributed by atoms with Crippen molar-refractivity contribution >= 4 is 23.1 Å². The van der Waals surface area contributed by atoms with Crippen LogP contribution in [0, 0.1) is 0 Å². The lowest BCUT2D eigenvalue weighted by molar-refractivity contribution is -0.137. The first-order valence-corrected chi connectivity index (χ1v) is 10.0. The number of anilines is 1. The van der Waals surface area contributed by atoms with Gasteiger partial charge in [-0.1, -0.05) is 42.5 Å². The minimum Gasteiger partial charge on any atom is -0.497 e. The number of nitrogens with zero attached hydrogens (tertiary/aromatic N) is 1. The van der Waals surface area contributed by atoms with Gasteiger partial charge in [-0.25, -0.2) is 0 Å². The fraction of sp³-hybridized carbons (Fsp3) is 0.120. The maximum atomic E-state index is 13.3. The Morgan fingerprint density at radius 2 is 1.58 bits per heavy atom. The van der Waals surface area contributed by atoms with Crippen molar-refractivity contribution in [2.45, 2.75) is 12.7 Å². The number of hydrogen-bond donors (Lipinski definition) is 1. The van der Waals surface area contributed by atoms with Crippen LogP contribution in [-0.4, -0.2) is 23.8 Å². The number of benzene rings is 3. The average Bonchev–Trinajstić information content (AvgIpc) is 3.04. The van der Waals surface area contributed by atoms with Crippen LogP contribution in [0.4, 0.5) is 18.9 Å². The molecule has 0 bridgehead atoms. The summed E-state index contributed by atoms with van der Waals surface area (Å²) in [7, 11) is 1.53. The molecule has 0 unspecified atom stereocenters. The molecule has 1 aliphatic heterocycles. The fourth-order valence-electron chi connectivity index (χ4n) is 3.56. The van der Waals surface area contributed by atoms with Gasteiger partial charge >= 0.3 is 6.18 Å². The molecule has 1 aliphatic rings. The zero-order valence-corrected chi connectivity index (χ0v) is 17.5. The van der Waals surface area contributed by atoms with E-state index in [-0.39, 0.29) is 23.4 Å².